The standard InChI is InChI=1S/C13H29O4Si/c1-5-6-7-8-9-10-11-12-13-17-18(14-2,15-3)16-4/h13H,5-12H2,1-4H3. The van der Waals surface area contributed by atoms with Crippen LogP contribution in [0.5, 0.6) is 0 Å². The molecule has 0 heterocycles. The second kappa shape index (κ2) is 12.1. The van der Waals surface area contributed by atoms with Gasteiger partial charge in [0.1, 0.15) is 0 Å². The van der Waals surface area contributed by atoms with Crippen LogP contribution in [0.15, 0.2) is 0 Å². The lowest BCUT2D eigenvalue weighted by Crippen LogP contribution is -2.45. The van der Waals surface area contributed by atoms with E-state index in [1.165, 1.54) is 38.5 Å². The summed E-state index contributed by atoms with van der Waals surface area (Å²) in [7, 11) is 1.77. The van der Waals surface area contributed by atoms with E-state index in [9.17, 15) is 0 Å². The van der Waals surface area contributed by atoms with Crippen molar-refractivity contribution >= 4 is 9.05 Å². The van der Waals surface area contributed by atoms with Gasteiger partial charge in [-0.2, -0.15) is 0 Å². The fraction of sp³-hybridized carbons (Fsp3) is 0.923. The molecule has 0 aliphatic carbocycles. The maximum atomic E-state index is 5.47. The number of unbranched alkanes of at least 4 members (excludes halogenated alkanes) is 7. The lowest BCUT2D eigenvalue weighted by Gasteiger charge is -2.22. The number of hydrogen-bond acceptors (Lipinski definition) is 4. The molecule has 4 nitrogen and oxygen atoms in total. The van der Waals surface area contributed by atoms with E-state index >= 15 is 0 Å². The molecule has 18 heavy (non-hydrogen) atoms. The van der Waals surface area contributed by atoms with Gasteiger partial charge in [-0.05, 0) is 6.42 Å². The number of hydrogen-bond donors (Lipinski definition) is 0. The summed E-state index contributed by atoms with van der Waals surface area (Å²) in [4.78, 5) is 0. The molecular formula is C13H29O4Si. The maximum absolute atomic E-state index is 5.47. The van der Waals surface area contributed by atoms with Crippen LogP contribution in [0.3, 0.4) is 0 Å². The minimum absolute atomic E-state index is 0.915. The third kappa shape index (κ3) is 8.21. The van der Waals surface area contributed by atoms with Crippen LogP contribution in [0, 0.1) is 6.61 Å². The van der Waals surface area contributed by atoms with Crippen LogP contribution in [0.2, 0.25) is 0 Å². The highest BCUT2D eigenvalue weighted by atomic mass is 28.4. The summed E-state index contributed by atoms with van der Waals surface area (Å²) >= 11 is 0. The predicted molar refractivity (Wildman–Crippen MR) is 74.8 cm³/mol. The molecule has 0 saturated heterocycles. The third-order valence-corrected chi connectivity index (χ3v) is 4.86. The molecule has 0 aromatic rings. The normalized spacial score (nSPS) is 12.0. The van der Waals surface area contributed by atoms with Crippen LogP contribution >= 0.6 is 0 Å². The molecule has 5 heteroatoms. The van der Waals surface area contributed by atoms with Crippen LogP contribution in [0.25, 0.3) is 0 Å². The molecule has 0 fully saturated rings. The van der Waals surface area contributed by atoms with E-state index in [1.54, 1.807) is 27.9 Å². The first-order valence-electron chi connectivity index (χ1n) is 6.89. The Kier molecular flexibility index (Phi) is 12.1. The Bertz CT molecular complexity index is 166. The van der Waals surface area contributed by atoms with Crippen molar-refractivity contribution in [3.63, 3.8) is 0 Å². The van der Waals surface area contributed by atoms with Gasteiger partial charge >= 0.3 is 9.05 Å². The molecule has 0 saturated carbocycles. The SMILES string of the molecule is CCCCCCCCC[CH]O[Si](OC)(OC)OC. The summed E-state index contributed by atoms with van der Waals surface area (Å²) in [6.07, 6.45) is 10.0. The van der Waals surface area contributed by atoms with Crippen molar-refractivity contribution in [1.82, 2.24) is 0 Å². The van der Waals surface area contributed by atoms with Gasteiger partial charge in [-0.1, -0.05) is 51.9 Å². The molecule has 0 aliphatic rings. The van der Waals surface area contributed by atoms with Crippen molar-refractivity contribution in [2.24, 2.45) is 0 Å². The predicted octanol–water partition coefficient (Wildman–Crippen LogP) is 3.68. The molecule has 109 valence electrons. The van der Waals surface area contributed by atoms with Gasteiger partial charge < -0.3 is 17.7 Å². The number of rotatable bonds is 13. The van der Waals surface area contributed by atoms with Crippen LogP contribution in [0.4, 0.5) is 0 Å². The van der Waals surface area contributed by atoms with Crippen molar-refractivity contribution in [3.8, 4) is 0 Å². The summed E-state index contributed by atoms with van der Waals surface area (Å²) in [5.74, 6) is 0. The lowest BCUT2D eigenvalue weighted by molar-refractivity contribution is 0.0222. The van der Waals surface area contributed by atoms with Crippen molar-refractivity contribution in [2.75, 3.05) is 21.3 Å². The van der Waals surface area contributed by atoms with Gasteiger partial charge in [0.15, 0.2) is 0 Å². The maximum Gasteiger partial charge on any atom is 0.679 e. The second-order valence-corrected chi connectivity index (χ2v) is 6.77. The molecule has 0 spiro atoms. The Labute approximate surface area is 113 Å². The molecule has 0 unspecified atom stereocenters. The first-order valence-corrected chi connectivity index (χ1v) is 8.53. The van der Waals surface area contributed by atoms with Crippen LogP contribution in [-0.2, 0) is 17.7 Å². The Morgan fingerprint density at radius 2 is 1.28 bits per heavy atom. The van der Waals surface area contributed by atoms with Gasteiger partial charge in [0, 0.05) is 21.3 Å². The molecule has 0 rings (SSSR count). The van der Waals surface area contributed by atoms with Crippen molar-refractivity contribution in [2.45, 2.75) is 58.3 Å². The molecule has 0 aromatic carbocycles. The lowest BCUT2D eigenvalue weighted by atomic mass is 10.1. The van der Waals surface area contributed by atoms with Crippen molar-refractivity contribution < 1.29 is 17.7 Å². The molecule has 0 bridgehead atoms. The van der Waals surface area contributed by atoms with Crippen LogP contribution in [0.1, 0.15) is 58.3 Å². The summed E-state index contributed by atoms with van der Waals surface area (Å²) in [6, 6.07) is 0. The molecule has 0 N–H and O–H groups in total. The average molecular weight is 277 g/mol. The van der Waals surface area contributed by atoms with Gasteiger partial charge in [0.25, 0.3) is 0 Å². The Hall–Kier alpha value is 0.0569. The van der Waals surface area contributed by atoms with E-state index in [4.69, 9.17) is 17.7 Å². The first-order chi connectivity index (χ1) is 8.74. The minimum Gasteiger partial charge on any atom is -0.355 e. The molecule has 0 amide bonds. The molecule has 1 radical (unpaired) electrons. The van der Waals surface area contributed by atoms with Crippen molar-refractivity contribution in [1.29, 1.82) is 0 Å². The highest BCUT2D eigenvalue weighted by Crippen LogP contribution is 2.13. The smallest absolute Gasteiger partial charge is 0.355 e. The van der Waals surface area contributed by atoms with Crippen LogP contribution in [-0.4, -0.2) is 30.4 Å². The monoisotopic (exact) mass is 277 g/mol. The van der Waals surface area contributed by atoms with Gasteiger partial charge in [-0.25, -0.2) is 0 Å². The molecule has 0 aliphatic heterocycles. The first kappa shape index (κ1) is 18.1. The van der Waals surface area contributed by atoms with E-state index in [2.05, 4.69) is 6.92 Å². The quantitative estimate of drug-likeness (QED) is 0.380. The van der Waals surface area contributed by atoms with Gasteiger partial charge in [0.05, 0.1) is 6.61 Å². The summed E-state index contributed by atoms with van der Waals surface area (Å²) in [5.41, 5.74) is 0. The van der Waals surface area contributed by atoms with E-state index in [-0.39, 0.29) is 0 Å². The highest BCUT2D eigenvalue weighted by molar-refractivity contribution is 6.53. The molecular weight excluding hydrogens is 248 g/mol. The van der Waals surface area contributed by atoms with Gasteiger partial charge in [-0.15, -0.1) is 0 Å². The second-order valence-electron chi connectivity index (χ2n) is 4.31. The zero-order valence-electron chi connectivity index (χ0n) is 12.4. The van der Waals surface area contributed by atoms with E-state index in [0.717, 1.165) is 12.8 Å². The van der Waals surface area contributed by atoms with E-state index < -0.39 is 9.05 Å². The largest absolute Gasteiger partial charge is 0.679 e. The summed E-state index contributed by atoms with van der Waals surface area (Å²) in [5, 5.41) is 0. The summed E-state index contributed by atoms with van der Waals surface area (Å²) < 4.78 is 20.9. The highest BCUT2D eigenvalue weighted by Gasteiger charge is 2.42. The van der Waals surface area contributed by atoms with Gasteiger partial charge in [-0.3, -0.25) is 0 Å². The minimum atomic E-state index is -2.86. The fourth-order valence-corrected chi connectivity index (χ4v) is 2.85. The van der Waals surface area contributed by atoms with Gasteiger partial charge in [0.2, 0.25) is 0 Å². The third-order valence-electron chi connectivity index (χ3n) is 2.90. The summed E-state index contributed by atoms with van der Waals surface area (Å²) in [6.45, 7) is 4.00. The Morgan fingerprint density at radius 1 is 0.778 bits per heavy atom. The van der Waals surface area contributed by atoms with E-state index in [1.807, 2.05) is 0 Å². The Morgan fingerprint density at radius 3 is 1.78 bits per heavy atom. The zero-order chi connectivity index (χ0) is 13.7. The van der Waals surface area contributed by atoms with E-state index in [0.29, 0.717) is 0 Å². The van der Waals surface area contributed by atoms with Crippen molar-refractivity contribution in [3.05, 3.63) is 6.61 Å². The topological polar surface area (TPSA) is 36.9 Å². The average Bonchev–Trinajstić information content (AvgIpc) is 2.42. The van der Waals surface area contributed by atoms with Crippen LogP contribution < -0.4 is 0 Å². The fourth-order valence-electron chi connectivity index (χ4n) is 1.74. The molecule has 0 aromatic heterocycles. The molecule has 0 atom stereocenters. The zero-order valence-corrected chi connectivity index (χ0v) is 13.4. The Balaban J connectivity index is 3.38.